The number of rotatable bonds is 3. The number of aromatic nitrogens is 2. The van der Waals surface area contributed by atoms with Gasteiger partial charge in [-0.3, -0.25) is 14.9 Å². The molecule has 0 aliphatic carbocycles. The van der Waals surface area contributed by atoms with E-state index in [1.807, 2.05) is 35.2 Å². The van der Waals surface area contributed by atoms with Gasteiger partial charge < -0.3 is 9.80 Å². The van der Waals surface area contributed by atoms with Crippen LogP contribution in [0.4, 0.5) is 16.4 Å². The number of carbonyl (C=O) groups excluding carboxylic acids is 2. The number of carbonyl (C=O) groups is 2. The van der Waals surface area contributed by atoms with Crippen molar-refractivity contribution in [2.45, 2.75) is 0 Å². The molecule has 1 aromatic heterocycles. The first-order valence-corrected chi connectivity index (χ1v) is 8.19. The Kier molecular flexibility index (Phi) is 5.28. The molecular weight excluding hydrogens is 336 g/mol. The maximum absolute atomic E-state index is 12.6. The van der Waals surface area contributed by atoms with E-state index in [9.17, 15) is 9.59 Å². The van der Waals surface area contributed by atoms with E-state index < -0.39 is 5.91 Å². The predicted molar refractivity (Wildman–Crippen MR) is 95.3 cm³/mol. The van der Waals surface area contributed by atoms with Gasteiger partial charge in [0, 0.05) is 51.3 Å². The van der Waals surface area contributed by atoms with Crippen LogP contribution in [0.1, 0.15) is 10.4 Å². The molecule has 1 aromatic carbocycles. The molecule has 1 aliphatic heterocycles. The van der Waals surface area contributed by atoms with Crippen molar-refractivity contribution in [3.05, 3.63) is 48.3 Å². The molecule has 0 spiro atoms. The van der Waals surface area contributed by atoms with Crippen LogP contribution in [-0.4, -0.2) is 65.2 Å². The molecule has 3 amide bonds. The third kappa shape index (κ3) is 3.72. The molecule has 1 aliphatic rings. The second-order valence-electron chi connectivity index (χ2n) is 5.86. The summed E-state index contributed by atoms with van der Waals surface area (Å²) in [6.07, 6.45) is 2.71. The minimum Gasteiger partial charge on any atom is -0.337 e. The Balaban J connectivity index is 1.58. The highest BCUT2D eigenvalue weighted by atomic mass is 16.5. The summed E-state index contributed by atoms with van der Waals surface area (Å²) in [5, 5.41) is 8.61. The zero-order valence-electron chi connectivity index (χ0n) is 14.4. The van der Waals surface area contributed by atoms with E-state index in [-0.39, 0.29) is 11.6 Å². The number of benzene rings is 1. The Morgan fingerprint density at radius 1 is 1.08 bits per heavy atom. The lowest BCUT2D eigenvalue weighted by Crippen LogP contribution is -2.52. The first-order valence-electron chi connectivity index (χ1n) is 8.19. The van der Waals surface area contributed by atoms with Gasteiger partial charge in [0.15, 0.2) is 0 Å². The number of amides is 3. The maximum Gasteiger partial charge on any atom is 0.324 e. The number of hydrogen-bond acceptors (Lipinski definition) is 6. The molecule has 2 aromatic rings. The number of hydrogen-bond donors (Lipinski definition) is 2. The maximum atomic E-state index is 12.6. The first kappa shape index (κ1) is 17.6. The van der Waals surface area contributed by atoms with Gasteiger partial charge in [-0.25, -0.2) is 20.2 Å². The lowest BCUT2D eigenvalue weighted by atomic mass is 10.3. The highest BCUT2D eigenvalue weighted by Gasteiger charge is 2.25. The number of nitrogens with zero attached hydrogens (tertiary/aromatic N) is 5. The summed E-state index contributed by atoms with van der Waals surface area (Å²) >= 11 is 0. The summed E-state index contributed by atoms with van der Waals surface area (Å²) in [6, 6.07) is 9.45. The van der Waals surface area contributed by atoms with Gasteiger partial charge in [-0.05, 0) is 12.1 Å². The average Bonchev–Trinajstić information content (AvgIpc) is 2.73. The van der Waals surface area contributed by atoms with Crippen LogP contribution >= 0.6 is 0 Å². The molecule has 1 fully saturated rings. The fourth-order valence-corrected chi connectivity index (χ4v) is 2.74. The van der Waals surface area contributed by atoms with Crippen LogP contribution in [0.25, 0.3) is 0 Å². The zero-order chi connectivity index (χ0) is 18.5. The molecule has 2 heterocycles. The predicted octanol–water partition coefficient (Wildman–Crippen LogP) is 0.974. The Labute approximate surface area is 150 Å². The molecule has 3 rings (SSSR count). The van der Waals surface area contributed by atoms with E-state index in [0.717, 1.165) is 5.69 Å². The molecule has 2 N–H and O–H groups in total. The summed E-state index contributed by atoms with van der Waals surface area (Å²) in [7, 11) is 1.76. The van der Waals surface area contributed by atoms with E-state index in [2.05, 4.69) is 9.97 Å². The first-order chi connectivity index (χ1) is 12.6. The quantitative estimate of drug-likeness (QED) is 0.628. The lowest BCUT2D eigenvalue weighted by Gasteiger charge is -2.36. The van der Waals surface area contributed by atoms with Gasteiger partial charge in [-0.2, -0.15) is 0 Å². The third-order valence-corrected chi connectivity index (χ3v) is 4.27. The van der Waals surface area contributed by atoms with E-state index in [1.54, 1.807) is 22.3 Å². The van der Waals surface area contributed by atoms with Gasteiger partial charge >= 0.3 is 6.03 Å². The molecule has 136 valence electrons. The van der Waals surface area contributed by atoms with Gasteiger partial charge in [0.25, 0.3) is 5.91 Å². The summed E-state index contributed by atoms with van der Waals surface area (Å²) in [4.78, 5) is 37.6. The summed E-state index contributed by atoms with van der Waals surface area (Å²) < 4.78 is 0. The Morgan fingerprint density at radius 3 is 2.27 bits per heavy atom. The summed E-state index contributed by atoms with van der Waals surface area (Å²) in [5.74, 6) is -0.168. The highest BCUT2D eigenvalue weighted by Crippen LogP contribution is 2.16. The topological polar surface area (TPSA) is 102 Å². The van der Waals surface area contributed by atoms with Crippen molar-refractivity contribution in [3.63, 3.8) is 0 Å². The molecule has 0 bridgehead atoms. The molecule has 1 saturated heterocycles. The van der Waals surface area contributed by atoms with Crippen molar-refractivity contribution in [3.8, 4) is 0 Å². The fourth-order valence-electron chi connectivity index (χ4n) is 2.74. The Hall–Kier alpha value is -3.20. The number of anilines is 2. The van der Waals surface area contributed by atoms with Crippen molar-refractivity contribution in [1.29, 1.82) is 0 Å². The Bertz CT molecular complexity index is 760. The van der Waals surface area contributed by atoms with E-state index in [0.29, 0.717) is 32.1 Å². The number of urea groups is 1. The monoisotopic (exact) mass is 356 g/mol. The van der Waals surface area contributed by atoms with Gasteiger partial charge in [0.05, 0.1) is 5.56 Å². The summed E-state index contributed by atoms with van der Waals surface area (Å²) in [6.45, 7) is 2.30. The molecular formula is C17H20N6O3. The normalized spacial score (nSPS) is 14.1. The SMILES string of the molecule is CN(C(=O)N1CCN(c2ncc(C(=O)NO)cn2)CC1)c1ccccc1. The molecule has 0 saturated carbocycles. The Morgan fingerprint density at radius 2 is 1.69 bits per heavy atom. The van der Waals surface area contributed by atoms with Crippen molar-refractivity contribution in [1.82, 2.24) is 20.3 Å². The van der Waals surface area contributed by atoms with E-state index in [1.165, 1.54) is 12.4 Å². The number of nitrogens with one attached hydrogen (secondary N) is 1. The minimum absolute atomic E-state index is 0.0493. The van der Waals surface area contributed by atoms with Gasteiger partial charge in [-0.15, -0.1) is 0 Å². The van der Waals surface area contributed by atoms with Crippen LogP contribution in [0, 0.1) is 0 Å². The smallest absolute Gasteiger partial charge is 0.324 e. The standard InChI is InChI=1S/C17H20N6O3/c1-21(14-5-3-2-4-6-14)17(25)23-9-7-22(8-10-23)16-18-11-13(12-19-16)15(24)20-26/h2-6,11-12,26H,7-10H2,1H3,(H,20,24). The lowest BCUT2D eigenvalue weighted by molar-refractivity contribution is 0.0705. The van der Waals surface area contributed by atoms with Crippen LogP contribution in [0.15, 0.2) is 42.7 Å². The second-order valence-corrected chi connectivity index (χ2v) is 5.86. The van der Waals surface area contributed by atoms with Crippen LogP contribution in [0.3, 0.4) is 0 Å². The van der Waals surface area contributed by atoms with Gasteiger partial charge in [-0.1, -0.05) is 18.2 Å². The summed E-state index contributed by atoms with van der Waals surface area (Å²) in [5.41, 5.74) is 2.56. The van der Waals surface area contributed by atoms with Crippen molar-refractivity contribution < 1.29 is 14.8 Å². The van der Waals surface area contributed by atoms with Crippen molar-refractivity contribution >= 4 is 23.6 Å². The number of hydroxylamine groups is 1. The van der Waals surface area contributed by atoms with E-state index >= 15 is 0 Å². The molecule has 9 nitrogen and oxygen atoms in total. The average molecular weight is 356 g/mol. The fraction of sp³-hybridized carbons (Fsp3) is 0.294. The number of para-hydroxylation sites is 1. The molecule has 26 heavy (non-hydrogen) atoms. The molecule has 0 atom stereocenters. The third-order valence-electron chi connectivity index (χ3n) is 4.27. The largest absolute Gasteiger partial charge is 0.337 e. The second kappa shape index (κ2) is 7.79. The van der Waals surface area contributed by atoms with E-state index in [4.69, 9.17) is 5.21 Å². The molecule has 9 heteroatoms. The van der Waals surface area contributed by atoms with Crippen molar-refractivity contribution in [2.75, 3.05) is 43.0 Å². The van der Waals surface area contributed by atoms with Crippen molar-refractivity contribution in [2.24, 2.45) is 0 Å². The van der Waals surface area contributed by atoms with Crippen LogP contribution in [-0.2, 0) is 0 Å². The number of piperazine rings is 1. The van der Waals surface area contributed by atoms with Gasteiger partial charge in [0.2, 0.25) is 5.95 Å². The van der Waals surface area contributed by atoms with Crippen LogP contribution < -0.4 is 15.3 Å². The highest BCUT2D eigenvalue weighted by molar-refractivity contribution is 5.93. The van der Waals surface area contributed by atoms with Crippen LogP contribution in [0.2, 0.25) is 0 Å². The molecule has 0 unspecified atom stereocenters. The minimum atomic E-state index is -0.657. The van der Waals surface area contributed by atoms with Crippen LogP contribution in [0.5, 0.6) is 0 Å². The molecule has 0 radical (unpaired) electrons. The van der Waals surface area contributed by atoms with Gasteiger partial charge in [0.1, 0.15) is 0 Å². The zero-order valence-corrected chi connectivity index (χ0v) is 14.4.